The number of aliphatic hydroxyl groups excluding tert-OH is 1. The van der Waals surface area contributed by atoms with Gasteiger partial charge in [-0.05, 0) is 116 Å². The third-order valence-electron chi connectivity index (χ3n) is 5.37. The smallest absolute Gasteiger partial charge is 0.138 e. The molecule has 11 heteroatoms. The van der Waals surface area contributed by atoms with Crippen molar-refractivity contribution >= 4 is 39.8 Å². The number of para-hydroxylation sites is 2. The van der Waals surface area contributed by atoms with Gasteiger partial charge in [-0.3, -0.25) is 0 Å². The first-order chi connectivity index (χ1) is 20.9. The van der Waals surface area contributed by atoms with Gasteiger partial charge in [-0.15, -0.1) is 0 Å². The highest BCUT2D eigenvalue weighted by atomic mass is 16.3. The minimum Gasteiger partial charge on any atom is -0.508 e. The summed E-state index contributed by atoms with van der Waals surface area (Å²) < 4.78 is 0. The van der Waals surface area contributed by atoms with Gasteiger partial charge in [-0.1, -0.05) is 12.1 Å². The fourth-order valence-corrected chi connectivity index (χ4v) is 2.92. The first-order valence-corrected chi connectivity index (χ1v) is 13.4. The molecule has 17 N–H and O–H groups in total. The Balaban J connectivity index is 0.000000277. The van der Waals surface area contributed by atoms with Gasteiger partial charge < -0.3 is 60.1 Å². The molecule has 11 nitrogen and oxygen atoms in total. The second-order valence-corrected chi connectivity index (χ2v) is 9.13. The first kappa shape index (κ1) is 36.1. The molecule has 0 saturated carbocycles. The zero-order valence-electron chi connectivity index (χ0n) is 24.6. The van der Waals surface area contributed by atoms with Crippen LogP contribution in [0.25, 0.3) is 0 Å². The van der Waals surface area contributed by atoms with Gasteiger partial charge in [0.25, 0.3) is 0 Å². The summed E-state index contributed by atoms with van der Waals surface area (Å²) in [6.07, 6.45) is 0. The molecule has 0 unspecified atom stereocenters. The number of benzene rings is 5. The van der Waals surface area contributed by atoms with Crippen LogP contribution >= 0.6 is 0 Å². The van der Waals surface area contributed by atoms with Gasteiger partial charge >= 0.3 is 0 Å². The van der Waals surface area contributed by atoms with Crippen molar-refractivity contribution in [2.24, 2.45) is 0 Å². The molecule has 234 valence electrons. The summed E-state index contributed by atoms with van der Waals surface area (Å²) in [6.45, 7) is 2.57. The highest BCUT2D eigenvalue weighted by Crippen LogP contribution is 2.17. The van der Waals surface area contributed by atoms with Crippen LogP contribution in [0.1, 0.15) is 5.56 Å². The van der Waals surface area contributed by atoms with Crippen molar-refractivity contribution in [3.05, 3.63) is 121 Å². The van der Waals surface area contributed by atoms with Crippen LogP contribution in [-0.2, 0) is 0 Å². The Bertz CT molecular complexity index is 1380. The lowest BCUT2D eigenvalue weighted by Gasteiger charge is -2.03. The summed E-state index contributed by atoms with van der Waals surface area (Å²) in [5.41, 5.74) is 38.2. The summed E-state index contributed by atoms with van der Waals surface area (Å²) in [7, 11) is 0. The predicted molar refractivity (Wildman–Crippen MR) is 184 cm³/mol. The van der Waals surface area contributed by atoms with E-state index in [9.17, 15) is 0 Å². The number of nitrogen functional groups attached to an aromatic ring is 6. The molecule has 5 rings (SSSR count). The van der Waals surface area contributed by atoms with Crippen LogP contribution in [0.2, 0.25) is 0 Å². The quantitative estimate of drug-likeness (QED) is 0.0764. The summed E-state index contributed by atoms with van der Waals surface area (Å²) in [5, 5.41) is 37.9. The summed E-state index contributed by atoms with van der Waals surface area (Å²) in [6, 6.07) is 32.5. The Morgan fingerprint density at radius 3 is 1.32 bits per heavy atom. The molecule has 0 radical (unpaired) electrons. The largest absolute Gasteiger partial charge is 0.508 e. The van der Waals surface area contributed by atoms with E-state index in [2.05, 4.69) is 5.32 Å². The first-order valence-electron chi connectivity index (χ1n) is 13.4. The van der Waals surface area contributed by atoms with E-state index >= 15 is 0 Å². The molecule has 0 spiro atoms. The Labute approximate surface area is 258 Å². The molecule has 5 aromatic rings. The van der Waals surface area contributed by atoms with Crippen LogP contribution < -0.4 is 39.7 Å². The molecule has 0 aliphatic heterocycles. The summed E-state index contributed by atoms with van der Waals surface area (Å²) >= 11 is 0. The van der Waals surface area contributed by atoms with Crippen molar-refractivity contribution in [1.29, 1.82) is 0 Å². The minimum absolute atomic E-state index is 0.143. The van der Waals surface area contributed by atoms with E-state index in [1.807, 2.05) is 31.2 Å². The van der Waals surface area contributed by atoms with Crippen LogP contribution in [-0.4, -0.2) is 33.6 Å². The lowest BCUT2D eigenvalue weighted by molar-refractivity contribution is 0.311. The molecule has 44 heavy (non-hydrogen) atoms. The second kappa shape index (κ2) is 20.0. The SMILES string of the molecule is Cc1cc(O)ccc1N.Nc1ccc(N)cc1.Nc1ccc(NCCO)cc1.Nc1ccc(O)cc1.Nc1ccccc1O. The van der Waals surface area contributed by atoms with Gasteiger partial charge in [-0.25, -0.2) is 0 Å². The molecule has 0 bridgehead atoms. The molecule has 0 aliphatic rings. The Morgan fingerprint density at radius 2 is 0.955 bits per heavy atom. The van der Waals surface area contributed by atoms with Crippen LogP contribution in [0.3, 0.4) is 0 Å². The number of phenols is 3. The van der Waals surface area contributed by atoms with E-state index in [0.717, 1.165) is 28.3 Å². The van der Waals surface area contributed by atoms with Crippen LogP contribution in [0.5, 0.6) is 17.2 Å². The van der Waals surface area contributed by atoms with Crippen molar-refractivity contribution in [3.8, 4) is 17.2 Å². The molecule has 0 heterocycles. The topological polar surface area (TPSA) is 249 Å². The van der Waals surface area contributed by atoms with E-state index in [1.54, 1.807) is 91.0 Å². The van der Waals surface area contributed by atoms with E-state index in [1.165, 1.54) is 0 Å². The fraction of sp³-hybridized carbons (Fsp3) is 0.0909. The summed E-state index contributed by atoms with van der Waals surface area (Å²) in [5.74, 6) is 0.661. The van der Waals surface area contributed by atoms with Gasteiger partial charge in [0, 0.05) is 40.7 Å². The number of aryl methyl sites for hydroxylation is 1. The maximum absolute atomic E-state index is 8.88. The number of aromatic hydroxyl groups is 3. The van der Waals surface area contributed by atoms with Crippen LogP contribution in [0, 0.1) is 6.92 Å². The standard InChI is InChI=1S/C8H12N2O.C7H9NO.C6H8N2.2C6H7NO/c9-7-1-3-8(4-2-7)10-5-6-11;1-5-4-6(9)2-3-7(5)8;7-5-1-2-6(8)4-3-5;7-5-1-3-6(8)4-2-5;7-5-3-1-2-4-6(5)8/h1-4,10-11H,5-6,9H2;2-4,9H,8H2,1H3;1-4H,7-8H2;2*1-4,8H,7H2. The number of anilines is 7. The molecule has 0 atom stereocenters. The number of nitrogens with one attached hydrogen (secondary N) is 1. The highest BCUT2D eigenvalue weighted by Gasteiger charge is 1.92. The van der Waals surface area contributed by atoms with Gasteiger partial charge in [0.15, 0.2) is 0 Å². The van der Waals surface area contributed by atoms with Gasteiger partial charge in [0.2, 0.25) is 0 Å². The Hall–Kier alpha value is -5.94. The lowest BCUT2D eigenvalue weighted by Crippen LogP contribution is -2.04. The zero-order chi connectivity index (χ0) is 32.9. The van der Waals surface area contributed by atoms with E-state index in [4.69, 9.17) is 54.8 Å². The molecule has 0 fully saturated rings. The zero-order valence-corrected chi connectivity index (χ0v) is 24.6. The fourth-order valence-electron chi connectivity index (χ4n) is 2.92. The Kier molecular flexibility index (Phi) is 16.4. The van der Waals surface area contributed by atoms with Crippen molar-refractivity contribution in [3.63, 3.8) is 0 Å². The summed E-state index contributed by atoms with van der Waals surface area (Å²) in [4.78, 5) is 0. The minimum atomic E-state index is 0.143. The Morgan fingerprint density at radius 1 is 0.523 bits per heavy atom. The van der Waals surface area contributed by atoms with Gasteiger partial charge in [0.1, 0.15) is 17.2 Å². The monoisotopic (exact) mass is 601 g/mol. The number of aliphatic hydroxyl groups is 1. The average Bonchev–Trinajstić information content (AvgIpc) is 3.01. The second-order valence-electron chi connectivity index (χ2n) is 9.13. The molecule has 0 aromatic heterocycles. The molecule has 0 amide bonds. The maximum atomic E-state index is 8.88. The van der Waals surface area contributed by atoms with E-state index in [-0.39, 0.29) is 23.9 Å². The van der Waals surface area contributed by atoms with Crippen molar-refractivity contribution < 1.29 is 20.4 Å². The number of hydrogen-bond donors (Lipinski definition) is 11. The number of rotatable bonds is 3. The number of hydrogen-bond acceptors (Lipinski definition) is 11. The van der Waals surface area contributed by atoms with Gasteiger partial charge in [0.05, 0.1) is 12.3 Å². The normalized spacial score (nSPS) is 9.23. The van der Waals surface area contributed by atoms with Crippen LogP contribution in [0.15, 0.2) is 115 Å². The highest BCUT2D eigenvalue weighted by molar-refractivity contribution is 5.52. The van der Waals surface area contributed by atoms with Crippen molar-refractivity contribution in [2.45, 2.75) is 6.92 Å². The molecule has 0 saturated heterocycles. The van der Waals surface area contributed by atoms with Crippen LogP contribution in [0.4, 0.5) is 39.8 Å². The van der Waals surface area contributed by atoms with Crippen molar-refractivity contribution in [1.82, 2.24) is 0 Å². The van der Waals surface area contributed by atoms with Gasteiger partial charge in [-0.2, -0.15) is 0 Å². The van der Waals surface area contributed by atoms with E-state index < -0.39 is 0 Å². The molecule has 5 aromatic carbocycles. The third kappa shape index (κ3) is 16.4. The number of nitrogens with two attached hydrogens (primary N) is 6. The third-order valence-corrected chi connectivity index (χ3v) is 5.37. The maximum Gasteiger partial charge on any atom is 0.138 e. The lowest BCUT2D eigenvalue weighted by atomic mass is 10.2. The van der Waals surface area contributed by atoms with Crippen molar-refractivity contribution in [2.75, 3.05) is 52.9 Å². The number of phenolic OH excluding ortho intramolecular Hbond substituents is 3. The molecule has 0 aliphatic carbocycles. The molecular weight excluding hydrogens is 558 g/mol. The van der Waals surface area contributed by atoms with E-state index in [0.29, 0.717) is 23.6 Å². The molecular formula is C33H43N7O4. The average molecular weight is 602 g/mol. The predicted octanol–water partition coefficient (Wildman–Crippen LogP) is 4.76.